The zero-order valence-electron chi connectivity index (χ0n) is 15.4. The number of furan rings is 1. The summed E-state index contributed by atoms with van der Waals surface area (Å²) in [5.74, 6) is 0. The first-order valence-electron chi connectivity index (χ1n) is 9.70. The van der Waals surface area contributed by atoms with Gasteiger partial charge < -0.3 is 0 Å². The average molecular weight is 436 g/mol. The predicted molar refractivity (Wildman–Crippen MR) is 123 cm³/mol. The van der Waals surface area contributed by atoms with Crippen molar-refractivity contribution in [1.82, 2.24) is 4.57 Å². The van der Waals surface area contributed by atoms with E-state index in [1.807, 2.05) is 6.07 Å². The first kappa shape index (κ1) is 15.6. The summed E-state index contributed by atoms with van der Waals surface area (Å²) in [6.07, 6.45) is 1.79. The third kappa shape index (κ3) is 2.01. The first-order chi connectivity index (χ1) is 14.4. The Kier molecular flexibility index (Phi) is 3.04. The van der Waals surface area contributed by atoms with Gasteiger partial charge in [0, 0.05) is 0 Å². The summed E-state index contributed by atoms with van der Waals surface area (Å²) >= 11 is 0.301. The van der Waals surface area contributed by atoms with Gasteiger partial charge in [-0.15, -0.1) is 0 Å². The number of para-hydroxylation sites is 1. The molecule has 0 atom stereocenters. The van der Waals surface area contributed by atoms with Crippen LogP contribution in [0.15, 0.2) is 95.6 Å². The Labute approximate surface area is 172 Å². The molecule has 136 valence electrons. The third-order valence-corrected chi connectivity index (χ3v) is 8.42. The van der Waals surface area contributed by atoms with Crippen LogP contribution in [-0.4, -0.2) is 19.1 Å². The molecule has 0 N–H and O–H groups in total. The number of rotatable bonds is 1. The molecule has 0 saturated heterocycles. The molecule has 0 saturated carbocycles. The fourth-order valence-corrected chi connectivity index (χ4v) is 7.18. The van der Waals surface area contributed by atoms with E-state index in [-0.39, 0.29) is 0 Å². The Morgan fingerprint density at radius 3 is 2.45 bits per heavy atom. The molecule has 0 radical (unpaired) electrons. The zero-order valence-corrected chi connectivity index (χ0v) is 17.1. The Bertz CT molecular complexity index is 1710. The number of hydrogen-bond acceptors (Lipinski definition) is 1. The maximum atomic E-state index is 5.92. The van der Waals surface area contributed by atoms with Gasteiger partial charge in [0.25, 0.3) is 0 Å². The molecule has 0 aliphatic heterocycles. The molecule has 29 heavy (non-hydrogen) atoms. The maximum absolute atomic E-state index is 5.92. The van der Waals surface area contributed by atoms with Crippen molar-refractivity contribution in [2.75, 3.05) is 0 Å². The first-order valence-corrected chi connectivity index (χ1v) is 11.4. The van der Waals surface area contributed by atoms with E-state index in [1.165, 1.54) is 46.8 Å². The second kappa shape index (κ2) is 5.64. The summed E-state index contributed by atoms with van der Waals surface area (Å²) in [6, 6.07) is 30.7. The van der Waals surface area contributed by atoms with Crippen molar-refractivity contribution in [3.63, 3.8) is 0 Å². The van der Waals surface area contributed by atoms with E-state index in [9.17, 15) is 0 Å². The molecule has 4 aromatic carbocycles. The number of benzene rings is 4. The van der Waals surface area contributed by atoms with Crippen LogP contribution in [0.5, 0.6) is 0 Å². The van der Waals surface area contributed by atoms with Gasteiger partial charge in [-0.2, -0.15) is 0 Å². The van der Waals surface area contributed by atoms with Crippen molar-refractivity contribution in [3.8, 4) is 5.69 Å². The molecule has 0 aliphatic carbocycles. The Morgan fingerprint density at radius 2 is 1.48 bits per heavy atom. The second-order valence-electron chi connectivity index (χ2n) is 7.40. The SMILES string of the molecule is c1ccc2c(c1)[se]c1c(-n3c4ccccc4c4c5occc5ccc43)cccc12. The Balaban J connectivity index is 1.72. The van der Waals surface area contributed by atoms with Crippen molar-refractivity contribution in [3.05, 3.63) is 91.2 Å². The molecule has 2 nitrogen and oxygen atoms in total. The van der Waals surface area contributed by atoms with Gasteiger partial charge in [0.15, 0.2) is 0 Å². The van der Waals surface area contributed by atoms with Crippen LogP contribution >= 0.6 is 0 Å². The van der Waals surface area contributed by atoms with E-state index in [0.717, 1.165) is 11.0 Å². The molecule has 0 bridgehead atoms. The topological polar surface area (TPSA) is 18.1 Å². The normalized spacial score (nSPS) is 12.1. The predicted octanol–water partition coefficient (Wildman–Crippen LogP) is 6.89. The molecule has 7 aromatic rings. The van der Waals surface area contributed by atoms with Crippen molar-refractivity contribution in [2.24, 2.45) is 0 Å². The van der Waals surface area contributed by atoms with Crippen LogP contribution in [0.3, 0.4) is 0 Å². The minimum atomic E-state index is 0.301. The molecule has 3 heteroatoms. The van der Waals surface area contributed by atoms with E-state index < -0.39 is 0 Å². The van der Waals surface area contributed by atoms with Crippen molar-refractivity contribution < 1.29 is 4.42 Å². The fraction of sp³-hybridized carbons (Fsp3) is 0. The van der Waals surface area contributed by atoms with E-state index in [2.05, 4.69) is 83.4 Å². The average Bonchev–Trinajstić information content (AvgIpc) is 3.46. The molecule has 0 amide bonds. The van der Waals surface area contributed by atoms with Gasteiger partial charge in [-0.1, -0.05) is 0 Å². The van der Waals surface area contributed by atoms with Gasteiger partial charge in [0.05, 0.1) is 0 Å². The van der Waals surface area contributed by atoms with Crippen LogP contribution in [0.25, 0.3) is 57.8 Å². The molecule has 7 rings (SSSR count). The quantitative estimate of drug-likeness (QED) is 0.256. The van der Waals surface area contributed by atoms with Crippen LogP contribution in [0.2, 0.25) is 0 Å². The third-order valence-electron chi connectivity index (χ3n) is 5.88. The molecule has 0 fully saturated rings. The summed E-state index contributed by atoms with van der Waals surface area (Å²) in [7, 11) is 0. The van der Waals surface area contributed by atoms with E-state index in [4.69, 9.17) is 4.42 Å². The Hall–Kier alpha value is -3.26. The standard InChI is InChI=1S/C26H15NOSe/c1-3-9-20-19(7-1)24-21(13-12-16-14-15-28-25(16)24)27(20)22-10-5-8-18-17-6-2-4-11-23(17)29-26(18)22/h1-15H. The van der Waals surface area contributed by atoms with Crippen molar-refractivity contribution in [2.45, 2.75) is 0 Å². The Morgan fingerprint density at radius 1 is 0.655 bits per heavy atom. The van der Waals surface area contributed by atoms with Crippen LogP contribution in [0.4, 0.5) is 0 Å². The number of aromatic nitrogens is 1. The van der Waals surface area contributed by atoms with E-state index in [1.54, 1.807) is 6.26 Å². The van der Waals surface area contributed by atoms with Gasteiger partial charge in [-0.3, -0.25) is 0 Å². The van der Waals surface area contributed by atoms with Gasteiger partial charge in [-0.05, 0) is 0 Å². The molecule has 3 heterocycles. The number of nitrogens with zero attached hydrogens (tertiary/aromatic N) is 1. The van der Waals surface area contributed by atoms with Crippen LogP contribution in [-0.2, 0) is 0 Å². The molecule has 0 unspecified atom stereocenters. The molecule has 0 aliphatic rings. The van der Waals surface area contributed by atoms with Gasteiger partial charge in [0.2, 0.25) is 0 Å². The van der Waals surface area contributed by atoms with Crippen LogP contribution in [0, 0.1) is 0 Å². The van der Waals surface area contributed by atoms with Gasteiger partial charge >= 0.3 is 172 Å². The number of fused-ring (bicyclic) bond motifs is 8. The fourth-order valence-electron chi connectivity index (χ4n) is 4.65. The summed E-state index contributed by atoms with van der Waals surface area (Å²) in [4.78, 5) is 0. The summed E-state index contributed by atoms with van der Waals surface area (Å²) < 4.78 is 11.3. The zero-order chi connectivity index (χ0) is 18.9. The van der Waals surface area contributed by atoms with Crippen LogP contribution < -0.4 is 0 Å². The van der Waals surface area contributed by atoms with Gasteiger partial charge in [0.1, 0.15) is 0 Å². The molecular formula is C26H15NOSe. The molecule has 0 spiro atoms. The monoisotopic (exact) mass is 437 g/mol. The number of hydrogen-bond donors (Lipinski definition) is 0. The summed E-state index contributed by atoms with van der Waals surface area (Å²) in [5, 5.41) is 6.35. The van der Waals surface area contributed by atoms with Crippen molar-refractivity contribution >= 4 is 66.6 Å². The van der Waals surface area contributed by atoms with Gasteiger partial charge in [-0.25, -0.2) is 0 Å². The second-order valence-corrected chi connectivity index (χ2v) is 9.61. The molecule has 3 aromatic heterocycles. The minimum absolute atomic E-state index is 0.301. The van der Waals surface area contributed by atoms with E-state index >= 15 is 0 Å². The van der Waals surface area contributed by atoms with Crippen molar-refractivity contribution in [1.29, 1.82) is 0 Å². The van der Waals surface area contributed by atoms with E-state index in [0.29, 0.717) is 14.5 Å². The van der Waals surface area contributed by atoms with Crippen LogP contribution in [0.1, 0.15) is 0 Å². The summed E-state index contributed by atoms with van der Waals surface area (Å²) in [5.41, 5.74) is 4.69. The summed E-state index contributed by atoms with van der Waals surface area (Å²) in [6.45, 7) is 0. The molecular weight excluding hydrogens is 421 g/mol.